The molecule has 8 nitrogen and oxygen atoms in total. The van der Waals surface area contributed by atoms with Crippen molar-refractivity contribution >= 4 is 40.0 Å². The van der Waals surface area contributed by atoms with E-state index in [4.69, 9.17) is 19.1 Å². The highest BCUT2D eigenvalue weighted by atomic mass is 32.1. The third-order valence-electron chi connectivity index (χ3n) is 6.60. The zero-order chi connectivity index (χ0) is 25.1. The Hall–Kier alpha value is -3.43. The van der Waals surface area contributed by atoms with E-state index >= 15 is 0 Å². The number of esters is 1. The highest BCUT2D eigenvalue weighted by Crippen LogP contribution is 2.31. The van der Waals surface area contributed by atoms with E-state index < -0.39 is 0 Å². The number of fused-ring (bicyclic) bond motifs is 1. The zero-order valence-electron chi connectivity index (χ0n) is 20.8. The van der Waals surface area contributed by atoms with Crippen LogP contribution in [0.3, 0.4) is 0 Å². The summed E-state index contributed by atoms with van der Waals surface area (Å²) in [7, 11) is 5.41. The molecule has 36 heavy (non-hydrogen) atoms. The van der Waals surface area contributed by atoms with Gasteiger partial charge in [0.1, 0.15) is 22.2 Å². The van der Waals surface area contributed by atoms with Crippen LogP contribution in [0.1, 0.15) is 41.1 Å². The predicted octanol–water partition coefficient (Wildman–Crippen LogP) is 5.32. The quantitative estimate of drug-likeness (QED) is 0.311. The number of nitrogens with zero attached hydrogens (tertiary/aromatic N) is 3. The topological polar surface area (TPSA) is 92.5 Å². The fraction of sp³-hybridized carbons (Fsp3) is 0.370. The number of hydrogen-bond acceptors (Lipinski definition) is 9. The molecule has 0 aliphatic heterocycles. The van der Waals surface area contributed by atoms with Crippen molar-refractivity contribution in [1.82, 2.24) is 15.3 Å². The number of thiophene rings is 1. The standard InChI is InChI=1S/C27H31N5O3S/c1-32(2)25-20-6-4-5-7-22(20)30-27(31-25)29-18-10-8-17(9-11-18)28-16-19-12-13-23(35-19)21-14-15-36-24(21)26(33)34-3/h4-7,12-15,17-18,28H,8-11,16H2,1-3H3,(H,29,30,31)/t17-,18+. The first-order valence-electron chi connectivity index (χ1n) is 12.2. The van der Waals surface area contributed by atoms with Gasteiger partial charge in [-0.1, -0.05) is 12.1 Å². The summed E-state index contributed by atoms with van der Waals surface area (Å²) in [5.41, 5.74) is 1.73. The normalized spacial score (nSPS) is 17.8. The lowest BCUT2D eigenvalue weighted by molar-refractivity contribution is 0.0607. The van der Waals surface area contributed by atoms with Gasteiger partial charge >= 0.3 is 5.97 Å². The summed E-state index contributed by atoms with van der Waals surface area (Å²) in [4.78, 5) is 24.1. The second kappa shape index (κ2) is 10.7. The molecule has 4 aromatic rings. The van der Waals surface area contributed by atoms with Gasteiger partial charge in [0.2, 0.25) is 5.95 Å². The number of aromatic nitrogens is 2. The van der Waals surface area contributed by atoms with Crippen LogP contribution in [0.5, 0.6) is 0 Å². The van der Waals surface area contributed by atoms with E-state index in [9.17, 15) is 4.79 Å². The van der Waals surface area contributed by atoms with Crippen LogP contribution in [0.2, 0.25) is 0 Å². The molecule has 1 aromatic carbocycles. The number of ether oxygens (including phenoxy) is 1. The van der Waals surface area contributed by atoms with Gasteiger partial charge in [0.15, 0.2) is 0 Å². The average molecular weight is 506 g/mol. The van der Waals surface area contributed by atoms with Gasteiger partial charge in [-0.05, 0) is 61.4 Å². The van der Waals surface area contributed by atoms with Crippen LogP contribution in [-0.4, -0.2) is 49.2 Å². The Bertz CT molecular complexity index is 1340. The summed E-state index contributed by atoms with van der Waals surface area (Å²) in [6.07, 6.45) is 4.23. The first-order valence-corrected chi connectivity index (χ1v) is 13.1. The molecule has 0 bridgehead atoms. The molecule has 5 rings (SSSR count). The summed E-state index contributed by atoms with van der Waals surface area (Å²) in [5, 5.41) is 10.1. The van der Waals surface area contributed by atoms with Crippen molar-refractivity contribution in [2.24, 2.45) is 0 Å². The highest BCUT2D eigenvalue weighted by molar-refractivity contribution is 7.12. The number of hydrogen-bond donors (Lipinski definition) is 2. The molecule has 0 atom stereocenters. The lowest BCUT2D eigenvalue weighted by atomic mass is 9.91. The Labute approximate surface area is 214 Å². The Kier molecular flexibility index (Phi) is 7.20. The first kappa shape index (κ1) is 24.3. The number of carbonyl (C=O) groups excluding carboxylic acids is 1. The van der Waals surface area contributed by atoms with Crippen LogP contribution >= 0.6 is 11.3 Å². The van der Waals surface area contributed by atoms with Crippen molar-refractivity contribution in [3.63, 3.8) is 0 Å². The second-order valence-corrected chi connectivity index (χ2v) is 10.2. The van der Waals surface area contributed by atoms with Gasteiger partial charge in [0.25, 0.3) is 0 Å². The van der Waals surface area contributed by atoms with Gasteiger partial charge in [0, 0.05) is 37.1 Å². The number of furan rings is 1. The van der Waals surface area contributed by atoms with E-state index in [0.29, 0.717) is 35.2 Å². The van der Waals surface area contributed by atoms with E-state index in [2.05, 4.69) is 16.7 Å². The van der Waals surface area contributed by atoms with Crippen LogP contribution in [0.25, 0.3) is 22.2 Å². The van der Waals surface area contributed by atoms with Crippen molar-refractivity contribution in [3.8, 4) is 11.3 Å². The molecule has 9 heteroatoms. The third kappa shape index (κ3) is 5.22. The number of methoxy groups -OCH3 is 1. The smallest absolute Gasteiger partial charge is 0.348 e. The van der Waals surface area contributed by atoms with E-state index in [1.54, 1.807) is 0 Å². The second-order valence-electron chi connectivity index (χ2n) is 9.28. The van der Waals surface area contributed by atoms with E-state index in [1.807, 2.05) is 60.8 Å². The number of para-hydroxylation sites is 1. The molecule has 188 valence electrons. The van der Waals surface area contributed by atoms with Crippen molar-refractivity contribution in [2.45, 2.75) is 44.3 Å². The fourth-order valence-electron chi connectivity index (χ4n) is 4.71. The maximum absolute atomic E-state index is 12.0. The molecule has 1 fully saturated rings. The molecule has 2 N–H and O–H groups in total. The first-order chi connectivity index (χ1) is 17.5. The molecule has 0 radical (unpaired) electrons. The Balaban J connectivity index is 1.15. The predicted molar refractivity (Wildman–Crippen MR) is 144 cm³/mol. The highest BCUT2D eigenvalue weighted by Gasteiger charge is 2.23. The van der Waals surface area contributed by atoms with Gasteiger partial charge < -0.3 is 24.7 Å². The maximum atomic E-state index is 12.0. The molecular formula is C27H31N5O3S. The molecular weight excluding hydrogens is 474 g/mol. The zero-order valence-corrected chi connectivity index (χ0v) is 21.6. The van der Waals surface area contributed by atoms with Crippen LogP contribution in [0.4, 0.5) is 11.8 Å². The number of anilines is 2. The minimum Gasteiger partial charge on any atom is -0.465 e. The van der Waals surface area contributed by atoms with Gasteiger partial charge in [-0.15, -0.1) is 11.3 Å². The molecule has 0 unspecified atom stereocenters. The molecule has 3 aromatic heterocycles. The van der Waals surface area contributed by atoms with Crippen molar-refractivity contribution in [2.75, 3.05) is 31.4 Å². The number of rotatable bonds is 8. The summed E-state index contributed by atoms with van der Waals surface area (Å²) in [6.45, 7) is 0.653. The molecule has 3 heterocycles. The van der Waals surface area contributed by atoms with Crippen LogP contribution in [0, 0.1) is 0 Å². The van der Waals surface area contributed by atoms with Gasteiger partial charge in [0.05, 0.1) is 19.2 Å². The molecule has 1 saturated carbocycles. The summed E-state index contributed by atoms with van der Waals surface area (Å²) in [6, 6.07) is 14.7. The van der Waals surface area contributed by atoms with Crippen molar-refractivity contribution < 1.29 is 13.9 Å². The van der Waals surface area contributed by atoms with E-state index in [0.717, 1.165) is 53.7 Å². The number of carbonyl (C=O) groups is 1. The van der Waals surface area contributed by atoms with Gasteiger partial charge in [-0.3, -0.25) is 0 Å². The Morgan fingerprint density at radius 2 is 1.86 bits per heavy atom. The summed E-state index contributed by atoms with van der Waals surface area (Å²) < 4.78 is 10.9. The lowest BCUT2D eigenvalue weighted by Crippen LogP contribution is -2.36. The number of nitrogens with one attached hydrogen (secondary N) is 2. The largest absolute Gasteiger partial charge is 0.465 e. The van der Waals surface area contributed by atoms with Gasteiger partial charge in [-0.25, -0.2) is 9.78 Å². The van der Waals surface area contributed by atoms with Crippen LogP contribution < -0.4 is 15.5 Å². The fourth-order valence-corrected chi connectivity index (χ4v) is 5.52. The van der Waals surface area contributed by atoms with Crippen molar-refractivity contribution in [1.29, 1.82) is 0 Å². The van der Waals surface area contributed by atoms with Crippen LogP contribution in [-0.2, 0) is 11.3 Å². The van der Waals surface area contributed by atoms with Crippen LogP contribution in [0.15, 0.2) is 52.3 Å². The maximum Gasteiger partial charge on any atom is 0.348 e. The Morgan fingerprint density at radius 1 is 1.08 bits per heavy atom. The molecule has 1 aliphatic rings. The minimum atomic E-state index is -0.339. The molecule has 1 aliphatic carbocycles. The lowest BCUT2D eigenvalue weighted by Gasteiger charge is -2.30. The third-order valence-corrected chi connectivity index (χ3v) is 7.49. The SMILES string of the molecule is COC(=O)c1sccc1-c1ccc(CN[C@H]2CC[C@@H](Nc3nc(N(C)C)c4ccccc4n3)CC2)o1. The number of benzene rings is 1. The average Bonchev–Trinajstić information content (AvgIpc) is 3.57. The van der Waals surface area contributed by atoms with E-state index in [-0.39, 0.29) is 5.97 Å². The van der Waals surface area contributed by atoms with Gasteiger partial charge in [-0.2, -0.15) is 4.98 Å². The van der Waals surface area contributed by atoms with Crippen molar-refractivity contribution in [3.05, 3.63) is 58.5 Å². The molecule has 0 saturated heterocycles. The van der Waals surface area contributed by atoms with E-state index in [1.165, 1.54) is 18.4 Å². The molecule has 0 spiro atoms. The summed E-state index contributed by atoms with van der Waals surface area (Å²) in [5.74, 6) is 2.82. The monoisotopic (exact) mass is 505 g/mol. The Morgan fingerprint density at radius 3 is 2.64 bits per heavy atom. The summed E-state index contributed by atoms with van der Waals surface area (Å²) >= 11 is 1.36. The molecule has 0 amide bonds. The minimum absolute atomic E-state index is 0.339.